The molecule has 0 saturated carbocycles. The first-order chi connectivity index (χ1) is 18.2. The Hall–Kier alpha value is -4.31. The summed E-state index contributed by atoms with van der Waals surface area (Å²) >= 11 is 0. The summed E-state index contributed by atoms with van der Waals surface area (Å²) in [4.78, 5) is 24.7. The first kappa shape index (κ1) is 24.1. The summed E-state index contributed by atoms with van der Waals surface area (Å²) in [6.45, 7) is 7.22. The Bertz CT molecular complexity index is 1640. The summed E-state index contributed by atoms with van der Waals surface area (Å²) in [5.74, 6) is 2.89. The van der Waals surface area contributed by atoms with E-state index >= 15 is 0 Å². The minimum atomic E-state index is -0.736. The van der Waals surface area contributed by atoms with Crippen molar-refractivity contribution >= 4 is 39.5 Å². The lowest BCUT2D eigenvalue weighted by atomic mass is 9.91. The van der Waals surface area contributed by atoms with E-state index in [-0.39, 0.29) is 5.92 Å². The molecule has 6 rings (SSSR count). The van der Waals surface area contributed by atoms with Crippen molar-refractivity contribution < 1.29 is 9.84 Å². The lowest BCUT2D eigenvalue weighted by Gasteiger charge is -2.25. The number of rotatable bonds is 6. The predicted molar refractivity (Wildman–Crippen MR) is 147 cm³/mol. The summed E-state index contributed by atoms with van der Waals surface area (Å²) in [6, 6.07) is 11.8. The van der Waals surface area contributed by atoms with E-state index in [1.807, 2.05) is 68.8 Å². The fraction of sp³-hybridized carbons (Fsp3) is 0.321. The molecule has 2 aromatic carbocycles. The number of nitrogens with one attached hydrogen (secondary N) is 1. The maximum Gasteiger partial charge on any atom is 0.226 e. The fourth-order valence-corrected chi connectivity index (χ4v) is 4.89. The van der Waals surface area contributed by atoms with Crippen molar-refractivity contribution in [3.05, 3.63) is 60.8 Å². The third-order valence-corrected chi connectivity index (χ3v) is 7.20. The summed E-state index contributed by atoms with van der Waals surface area (Å²) in [5, 5.41) is 13.8. The van der Waals surface area contributed by atoms with Crippen LogP contribution in [0.1, 0.15) is 25.8 Å². The van der Waals surface area contributed by atoms with Gasteiger partial charge >= 0.3 is 0 Å². The second-order valence-corrected chi connectivity index (χ2v) is 10.4. The van der Waals surface area contributed by atoms with Gasteiger partial charge in [0.15, 0.2) is 5.82 Å². The van der Waals surface area contributed by atoms with Gasteiger partial charge in [0.1, 0.15) is 28.9 Å². The highest BCUT2D eigenvalue weighted by Gasteiger charge is 2.34. The zero-order valence-corrected chi connectivity index (χ0v) is 21.9. The molecule has 1 fully saturated rings. The molecule has 1 unspecified atom stereocenters. The number of aliphatic hydroxyl groups is 1. The molecular weight excluding hydrogens is 480 g/mol. The van der Waals surface area contributed by atoms with Crippen molar-refractivity contribution in [1.82, 2.24) is 29.5 Å². The van der Waals surface area contributed by atoms with E-state index in [4.69, 9.17) is 9.72 Å². The molecule has 0 aliphatic carbocycles. The average molecular weight is 511 g/mol. The van der Waals surface area contributed by atoms with Gasteiger partial charge in [-0.2, -0.15) is 0 Å². The lowest BCUT2D eigenvalue weighted by Crippen LogP contribution is -2.33. The summed E-state index contributed by atoms with van der Waals surface area (Å²) < 4.78 is 8.14. The molecule has 1 aliphatic heterocycles. The number of benzene rings is 2. The van der Waals surface area contributed by atoms with Crippen molar-refractivity contribution in [1.29, 1.82) is 0 Å². The largest absolute Gasteiger partial charge is 0.457 e. The second kappa shape index (κ2) is 9.21. The van der Waals surface area contributed by atoms with Gasteiger partial charge in [0.05, 0.1) is 29.2 Å². The van der Waals surface area contributed by atoms with E-state index in [2.05, 4.69) is 30.2 Å². The molecule has 194 valence electrons. The zero-order valence-electron chi connectivity index (χ0n) is 21.9. The van der Waals surface area contributed by atoms with Crippen LogP contribution in [-0.2, 0) is 7.05 Å². The van der Waals surface area contributed by atoms with Gasteiger partial charge in [-0.15, -0.1) is 0 Å². The molecule has 10 nitrogen and oxygen atoms in total. The standard InChI is InChI=1S/C28H30N8O2/c1-17-11-19(5-8-24(17)38-20-6-7-23-21(12-20)32-16-35(23)4)33-26-25-22(30-15-31-26)13-29-27(34-25)36-10-9-18(14-36)28(2,3)37/h5-8,11-13,15-16,18,37H,9-10,14H2,1-4H3,(H,30,31,33). The Kier molecular flexibility index (Phi) is 5.83. The van der Waals surface area contributed by atoms with Crippen LogP contribution in [0.2, 0.25) is 0 Å². The van der Waals surface area contributed by atoms with Crippen LogP contribution in [0.3, 0.4) is 0 Å². The maximum absolute atomic E-state index is 10.4. The lowest BCUT2D eigenvalue weighted by molar-refractivity contribution is 0.0263. The minimum absolute atomic E-state index is 0.168. The van der Waals surface area contributed by atoms with E-state index in [0.717, 1.165) is 46.7 Å². The number of aryl methyl sites for hydroxylation is 2. The monoisotopic (exact) mass is 510 g/mol. The second-order valence-electron chi connectivity index (χ2n) is 10.4. The van der Waals surface area contributed by atoms with Crippen LogP contribution in [0.5, 0.6) is 11.5 Å². The molecule has 10 heteroatoms. The Morgan fingerprint density at radius 1 is 1.05 bits per heavy atom. The first-order valence-electron chi connectivity index (χ1n) is 12.7. The summed E-state index contributed by atoms with van der Waals surface area (Å²) in [7, 11) is 1.97. The minimum Gasteiger partial charge on any atom is -0.457 e. The Balaban J connectivity index is 1.23. The number of anilines is 3. The van der Waals surface area contributed by atoms with Crippen LogP contribution in [0, 0.1) is 12.8 Å². The van der Waals surface area contributed by atoms with Crippen molar-refractivity contribution in [2.45, 2.75) is 32.8 Å². The van der Waals surface area contributed by atoms with E-state index in [1.54, 1.807) is 12.5 Å². The summed E-state index contributed by atoms with van der Waals surface area (Å²) in [5.41, 5.74) is 4.34. The predicted octanol–water partition coefficient (Wildman–Crippen LogP) is 4.75. The third kappa shape index (κ3) is 4.58. The topological polar surface area (TPSA) is 114 Å². The van der Waals surface area contributed by atoms with Crippen molar-refractivity contribution in [3.63, 3.8) is 0 Å². The van der Waals surface area contributed by atoms with Crippen LogP contribution in [0.15, 0.2) is 55.2 Å². The van der Waals surface area contributed by atoms with Gasteiger partial charge in [0.25, 0.3) is 0 Å². The molecule has 1 aliphatic rings. The number of fused-ring (bicyclic) bond motifs is 2. The van der Waals surface area contributed by atoms with Crippen LogP contribution in [-0.4, -0.2) is 53.3 Å². The number of hydrogen-bond donors (Lipinski definition) is 2. The van der Waals surface area contributed by atoms with Gasteiger partial charge in [0, 0.05) is 37.8 Å². The Morgan fingerprint density at radius 3 is 2.71 bits per heavy atom. The van der Waals surface area contributed by atoms with Crippen molar-refractivity contribution in [3.8, 4) is 11.5 Å². The molecule has 3 aromatic heterocycles. The van der Waals surface area contributed by atoms with E-state index in [9.17, 15) is 5.11 Å². The molecule has 38 heavy (non-hydrogen) atoms. The number of nitrogens with zero attached hydrogens (tertiary/aromatic N) is 7. The molecule has 5 aromatic rings. The van der Waals surface area contributed by atoms with Gasteiger partial charge in [-0.1, -0.05) is 0 Å². The first-order valence-corrected chi connectivity index (χ1v) is 12.7. The highest BCUT2D eigenvalue weighted by atomic mass is 16.5. The Morgan fingerprint density at radius 2 is 1.92 bits per heavy atom. The van der Waals surface area contributed by atoms with Crippen LogP contribution < -0.4 is 15.0 Å². The number of aromatic nitrogens is 6. The highest BCUT2D eigenvalue weighted by Crippen LogP contribution is 2.32. The highest BCUT2D eigenvalue weighted by molar-refractivity contribution is 5.87. The van der Waals surface area contributed by atoms with E-state index < -0.39 is 5.60 Å². The smallest absolute Gasteiger partial charge is 0.226 e. The molecule has 1 atom stereocenters. The van der Waals surface area contributed by atoms with Gasteiger partial charge in [-0.3, -0.25) is 0 Å². The van der Waals surface area contributed by atoms with Gasteiger partial charge in [-0.05, 0) is 63.1 Å². The fourth-order valence-electron chi connectivity index (χ4n) is 4.89. The zero-order chi connectivity index (χ0) is 26.4. The molecule has 1 saturated heterocycles. The number of hydrogen-bond acceptors (Lipinski definition) is 9. The average Bonchev–Trinajstić information content (AvgIpc) is 3.53. The SMILES string of the molecule is Cc1cc(Nc2ncnc3cnc(N4CCC(C(C)(C)O)C4)nc23)ccc1Oc1ccc2c(c1)ncn2C. The molecular formula is C28H30N8O2. The van der Waals surface area contributed by atoms with Crippen LogP contribution in [0.4, 0.5) is 17.5 Å². The molecule has 4 heterocycles. The van der Waals surface area contributed by atoms with E-state index in [1.165, 1.54) is 6.33 Å². The third-order valence-electron chi connectivity index (χ3n) is 7.20. The van der Waals surface area contributed by atoms with Crippen molar-refractivity contribution in [2.75, 3.05) is 23.3 Å². The molecule has 0 bridgehead atoms. The van der Waals surface area contributed by atoms with Crippen LogP contribution in [0.25, 0.3) is 22.1 Å². The number of imidazole rings is 1. The number of ether oxygens (including phenoxy) is 1. The van der Waals surface area contributed by atoms with Gasteiger partial charge in [-0.25, -0.2) is 24.9 Å². The maximum atomic E-state index is 10.4. The van der Waals surface area contributed by atoms with Crippen LogP contribution >= 0.6 is 0 Å². The Labute approximate surface area is 220 Å². The molecule has 2 N–H and O–H groups in total. The molecule has 0 radical (unpaired) electrons. The summed E-state index contributed by atoms with van der Waals surface area (Å²) in [6.07, 6.45) is 5.92. The molecule has 0 amide bonds. The van der Waals surface area contributed by atoms with Gasteiger partial charge in [0.2, 0.25) is 5.95 Å². The normalized spacial score (nSPS) is 15.9. The van der Waals surface area contributed by atoms with Crippen molar-refractivity contribution in [2.24, 2.45) is 13.0 Å². The van der Waals surface area contributed by atoms with Gasteiger partial charge < -0.3 is 24.6 Å². The van der Waals surface area contributed by atoms with E-state index in [0.29, 0.717) is 29.3 Å². The quantitative estimate of drug-likeness (QED) is 0.334. The molecule has 0 spiro atoms.